The summed E-state index contributed by atoms with van der Waals surface area (Å²) in [5.74, 6) is 0.696. The van der Waals surface area contributed by atoms with Gasteiger partial charge in [0.25, 0.3) is 0 Å². The van der Waals surface area contributed by atoms with Crippen molar-refractivity contribution in [1.82, 2.24) is 15.3 Å². The minimum absolute atomic E-state index is 0.696. The molecule has 5 nitrogen and oxygen atoms in total. The van der Waals surface area contributed by atoms with Crippen LogP contribution < -0.4 is 10.2 Å². The summed E-state index contributed by atoms with van der Waals surface area (Å²) in [5.41, 5.74) is 3.37. The fourth-order valence-electron chi connectivity index (χ4n) is 1.97. The van der Waals surface area contributed by atoms with Gasteiger partial charge in [-0.1, -0.05) is 12.1 Å². The van der Waals surface area contributed by atoms with Crippen LogP contribution in [0.5, 0.6) is 0 Å². The summed E-state index contributed by atoms with van der Waals surface area (Å²) in [6.07, 6.45) is 3.71. The van der Waals surface area contributed by atoms with Gasteiger partial charge < -0.3 is 15.0 Å². The van der Waals surface area contributed by atoms with Crippen LogP contribution in [0.2, 0.25) is 0 Å². The maximum absolute atomic E-state index is 4.99. The third-order valence-electron chi connectivity index (χ3n) is 3.19. The van der Waals surface area contributed by atoms with E-state index in [1.165, 1.54) is 5.56 Å². The molecule has 1 N–H and O–H groups in total. The number of aryl methyl sites for hydroxylation is 1. The number of hydrogen-bond acceptors (Lipinski definition) is 5. The van der Waals surface area contributed by atoms with Gasteiger partial charge in [-0.05, 0) is 24.6 Å². The van der Waals surface area contributed by atoms with E-state index in [0.717, 1.165) is 24.3 Å². The molecule has 0 saturated carbocycles. The largest absolute Gasteiger partial charge is 0.383 e. The number of benzene rings is 1. The first-order chi connectivity index (χ1) is 10.2. The maximum Gasteiger partial charge on any atom is 0.229 e. The fraction of sp³-hybridized carbons (Fsp3) is 0.375. The van der Waals surface area contributed by atoms with Crippen molar-refractivity contribution in [3.05, 3.63) is 47.8 Å². The van der Waals surface area contributed by atoms with Gasteiger partial charge in [0, 0.05) is 50.9 Å². The summed E-state index contributed by atoms with van der Waals surface area (Å²) < 4.78 is 4.99. The van der Waals surface area contributed by atoms with Gasteiger partial charge in [0.2, 0.25) is 5.95 Å². The van der Waals surface area contributed by atoms with Crippen LogP contribution in [0.25, 0.3) is 0 Å². The van der Waals surface area contributed by atoms with Crippen molar-refractivity contribution in [2.24, 2.45) is 0 Å². The van der Waals surface area contributed by atoms with Crippen molar-refractivity contribution in [2.45, 2.75) is 13.5 Å². The Morgan fingerprint density at radius 2 is 2.00 bits per heavy atom. The van der Waals surface area contributed by atoms with E-state index in [1.54, 1.807) is 7.11 Å². The molecular weight excluding hydrogens is 264 g/mol. The average molecular weight is 286 g/mol. The van der Waals surface area contributed by atoms with Gasteiger partial charge in [0.15, 0.2) is 0 Å². The third kappa shape index (κ3) is 4.51. The van der Waals surface area contributed by atoms with Gasteiger partial charge in [0.05, 0.1) is 6.61 Å². The van der Waals surface area contributed by atoms with Crippen molar-refractivity contribution in [1.29, 1.82) is 0 Å². The smallest absolute Gasteiger partial charge is 0.229 e. The number of rotatable bonds is 7. The van der Waals surface area contributed by atoms with Crippen LogP contribution in [0.3, 0.4) is 0 Å². The van der Waals surface area contributed by atoms with Gasteiger partial charge >= 0.3 is 0 Å². The quantitative estimate of drug-likeness (QED) is 0.791. The Kier molecular flexibility index (Phi) is 5.66. The number of nitrogens with one attached hydrogen (secondary N) is 1. The Labute approximate surface area is 126 Å². The standard InChI is InChI=1S/C16H22N4O/c1-13-5-4-6-15(9-13)20(2)16-18-11-14(12-19-16)10-17-7-8-21-3/h4-6,9,11-12,17H,7-8,10H2,1-3H3. The van der Waals surface area contributed by atoms with Crippen molar-refractivity contribution >= 4 is 11.6 Å². The minimum atomic E-state index is 0.696. The monoisotopic (exact) mass is 286 g/mol. The van der Waals surface area contributed by atoms with Gasteiger partial charge in [0.1, 0.15) is 0 Å². The number of ether oxygens (including phenoxy) is 1. The highest BCUT2D eigenvalue weighted by molar-refractivity contribution is 5.56. The normalized spacial score (nSPS) is 10.6. The summed E-state index contributed by atoms with van der Waals surface area (Å²) in [7, 11) is 3.67. The lowest BCUT2D eigenvalue weighted by Gasteiger charge is -2.17. The third-order valence-corrected chi connectivity index (χ3v) is 3.19. The van der Waals surface area contributed by atoms with Crippen LogP contribution in [0.4, 0.5) is 11.6 Å². The molecule has 1 aromatic heterocycles. The lowest BCUT2D eigenvalue weighted by atomic mass is 10.2. The molecule has 0 aliphatic heterocycles. The van der Waals surface area contributed by atoms with Gasteiger partial charge in [-0.2, -0.15) is 0 Å². The highest BCUT2D eigenvalue weighted by atomic mass is 16.5. The molecule has 0 aliphatic rings. The van der Waals surface area contributed by atoms with Crippen LogP contribution in [0.1, 0.15) is 11.1 Å². The second-order valence-corrected chi connectivity index (χ2v) is 4.96. The molecule has 0 amide bonds. The molecule has 21 heavy (non-hydrogen) atoms. The van der Waals surface area contributed by atoms with E-state index in [4.69, 9.17) is 4.74 Å². The van der Waals surface area contributed by atoms with Gasteiger partial charge in [-0.25, -0.2) is 9.97 Å². The Morgan fingerprint density at radius 3 is 2.67 bits per heavy atom. The van der Waals surface area contributed by atoms with E-state index in [1.807, 2.05) is 30.4 Å². The maximum atomic E-state index is 4.99. The molecule has 0 unspecified atom stereocenters. The predicted octanol–water partition coefficient (Wildman–Crippen LogP) is 2.29. The highest BCUT2D eigenvalue weighted by Gasteiger charge is 2.06. The second kappa shape index (κ2) is 7.71. The molecular formula is C16H22N4O. The lowest BCUT2D eigenvalue weighted by molar-refractivity contribution is 0.199. The number of anilines is 2. The Balaban J connectivity index is 1.98. The molecule has 5 heteroatoms. The zero-order valence-corrected chi connectivity index (χ0v) is 12.8. The fourth-order valence-corrected chi connectivity index (χ4v) is 1.97. The van der Waals surface area contributed by atoms with Crippen molar-refractivity contribution < 1.29 is 4.74 Å². The Morgan fingerprint density at radius 1 is 1.24 bits per heavy atom. The number of hydrogen-bond donors (Lipinski definition) is 1. The van der Waals surface area contributed by atoms with E-state index in [2.05, 4.69) is 40.4 Å². The van der Waals surface area contributed by atoms with E-state index < -0.39 is 0 Å². The number of methoxy groups -OCH3 is 1. The summed E-state index contributed by atoms with van der Waals surface area (Å²) >= 11 is 0. The first-order valence-corrected chi connectivity index (χ1v) is 7.01. The minimum Gasteiger partial charge on any atom is -0.383 e. The van der Waals surface area contributed by atoms with E-state index in [9.17, 15) is 0 Å². The number of nitrogens with zero attached hydrogens (tertiary/aromatic N) is 3. The molecule has 2 aromatic rings. The Hall–Kier alpha value is -1.98. The molecule has 0 radical (unpaired) electrons. The first-order valence-electron chi connectivity index (χ1n) is 7.01. The zero-order chi connectivity index (χ0) is 15.1. The van der Waals surface area contributed by atoms with Crippen molar-refractivity contribution in [3.8, 4) is 0 Å². The topological polar surface area (TPSA) is 50.3 Å². The van der Waals surface area contributed by atoms with Crippen LogP contribution >= 0.6 is 0 Å². The van der Waals surface area contributed by atoms with E-state index in [-0.39, 0.29) is 0 Å². The highest BCUT2D eigenvalue weighted by Crippen LogP contribution is 2.20. The first kappa shape index (κ1) is 15.4. The second-order valence-electron chi connectivity index (χ2n) is 4.96. The molecule has 0 spiro atoms. The molecule has 0 aliphatic carbocycles. The Bertz CT molecular complexity index is 556. The van der Waals surface area contributed by atoms with Crippen molar-refractivity contribution in [3.63, 3.8) is 0 Å². The summed E-state index contributed by atoms with van der Waals surface area (Å²) in [6, 6.07) is 8.28. The van der Waals surface area contributed by atoms with Crippen LogP contribution in [0.15, 0.2) is 36.7 Å². The van der Waals surface area contributed by atoms with Gasteiger partial charge in [-0.3, -0.25) is 0 Å². The summed E-state index contributed by atoms with van der Waals surface area (Å²) in [6.45, 7) is 4.35. The zero-order valence-electron chi connectivity index (χ0n) is 12.8. The van der Waals surface area contributed by atoms with Crippen LogP contribution in [-0.2, 0) is 11.3 Å². The molecule has 0 bridgehead atoms. The molecule has 0 saturated heterocycles. The molecule has 0 fully saturated rings. The summed E-state index contributed by atoms with van der Waals surface area (Å²) in [5, 5.41) is 3.27. The number of aromatic nitrogens is 2. The van der Waals surface area contributed by atoms with Crippen LogP contribution in [0, 0.1) is 6.92 Å². The molecule has 112 valence electrons. The molecule has 0 atom stereocenters. The molecule has 1 heterocycles. The summed E-state index contributed by atoms with van der Waals surface area (Å²) in [4.78, 5) is 10.8. The van der Waals surface area contributed by atoms with E-state index >= 15 is 0 Å². The van der Waals surface area contributed by atoms with Gasteiger partial charge in [-0.15, -0.1) is 0 Å². The lowest BCUT2D eigenvalue weighted by Crippen LogP contribution is -2.19. The molecule has 2 rings (SSSR count). The SMILES string of the molecule is COCCNCc1cnc(N(C)c2cccc(C)c2)nc1. The predicted molar refractivity (Wildman–Crippen MR) is 84.9 cm³/mol. The molecule has 1 aromatic carbocycles. The van der Waals surface area contributed by atoms with Crippen LogP contribution in [-0.4, -0.2) is 37.3 Å². The van der Waals surface area contributed by atoms with Crippen molar-refractivity contribution in [2.75, 3.05) is 32.2 Å². The average Bonchev–Trinajstić information content (AvgIpc) is 2.51. The van der Waals surface area contributed by atoms with E-state index in [0.29, 0.717) is 12.6 Å².